The van der Waals surface area contributed by atoms with Crippen LogP contribution in [0, 0.1) is 11.7 Å². The second-order valence-corrected chi connectivity index (χ2v) is 6.70. The highest BCUT2D eigenvalue weighted by atomic mass is 19.1. The summed E-state index contributed by atoms with van der Waals surface area (Å²) in [6, 6.07) is 6.29. The average molecular weight is 350 g/mol. The van der Waals surface area contributed by atoms with Crippen molar-refractivity contribution in [2.75, 3.05) is 6.54 Å². The minimum absolute atomic E-state index is 0.00662. The molecule has 1 saturated carbocycles. The number of carboxylic acids is 1. The van der Waals surface area contributed by atoms with Gasteiger partial charge in [0, 0.05) is 18.2 Å². The molecule has 2 rings (SSSR count). The number of rotatable bonds is 7. The van der Waals surface area contributed by atoms with Gasteiger partial charge in [0.1, 0.15) is 5.82 Å². The molecule has 0 aromatic heterocycles. The SMILES string of the molecule is CCCCN(Cc1ccccc1F)C(=O)NC1CCC(C(=O)O)CC1. The smallest absolute Gasteiger partial charge is 0.317 e. The Kier molecular flexibility index (Phi) is 7.22. The van der Waals surface area contributed by atoms with Gasteiger partial charge in [0.2, 0.25) is 0 Å². The van der Waals surface area contributed by atoms with Gasteiger partial charge in [-0.15, -0.1) is 0 Å². The van der Waals surface area contributed by atoms with E-state index in [0.29, 0.717) is 37.8 Å². The van der Waals surface area contributed by atoms with Gasteiger partial charge >= 0.3 is 12.0 Å². The number of benzene rings is 1. The first-order valence-electron chi connectivity index (χ1n) is 9.03. The van der Waals surface area contributed by atoms with Crippen LogP contribution in [0.25, 0.3) is 0 Å². The second-order valence-electron chi connectivity index (χ2n) is 6.70. The Labute approximate surface area is 148 Å². The van der Waals surface area contributed by atoms with Crippen LogP contribution in [0.2, 0.25) is 0 Å². The lowest BCUT2D eigenvalue weighted by Gasteiger charge is -2.30. The molecule has 6 heteroatoms. The summed E-state index contributed by atoms with van der Waals surface area (Å²) in [5.41, 5.74) is 0.503. The molecule has 5 nitrogen and oxygen atoms in total. The van der Waals surface area contributed by atoms with Crippen molar-refractivity contribution < 1.29 is 19.1 Å². The number of aliphatic carboxylic acids is 1. The van der Waals surface area contributed by atoms with Crippen molar-refractivity contribution in [3.05, 3.63) is 35.6 Å². The summed E-state index contributed by atoms with van der Waals surface area (Å²) < 4.78 is 13.9. The van der Waals surface area contributed by atoms with Crippen molar-refractivity contribution in [2.45, 2.75) is 58.0 Å². The van der Waals surface area contributed by atoms with Crippen LogP contribution in [-0.4, -0.2) is 34.6 Å². The van der Waals surface area contributed by atoms with Crippen LogP contribution in [-0.2, 0) is 11.3 Å². The number of unbranched alkanes of at least 4 members (excludes halogenated alkanes) is 1. The Morgan fingerprint density at radius 2 is 1.92 bits per heavy atom. The minimum Gasteiger partial charge on any atom is -0.481 e. The summed E-state index contributed by atoms with van der Waals surface area (Å²) in [6.45, 7) is 2.86. The van der Waals surface area contributed by atoms with Gasteiger partial charge in [0.25, 0.3) is 0 Å². The van der Waals surface area contributed by atoms with Crippen molar-refractivity contribution in [3.8, 4) is 0 Å². The maximum Gasteiger partial charge on any atom is 0.317 e. The third-order valence-corrected chi connectivity index (χ3v) is 4.79. The van der Waals surface area contributed by atoms with E-state index in [1.165, 1.54) is 6.07 Å². The van der Waals surface area contributed by atoms with E-state index in [0.717, 1.165) is 12.8 Å². The molecule has 0 bridgehead atoms. The van der Waals surface area contributed by atoms with Gasteiger partial charge in [-0.1, -0.05) is 31.5 Å². The molecule has 0 heterocycles. The molecule has 0 spiro atoms. The number of carbonyl (C=O) groups is 2. The summed E-state index contributed by atoms with van der Waals surface area (Å²) in [5, 5.41) is 12.0. The van der Waals surface area contributed by atoms with Crippen molar-refractivity contribution in [1.82, 2.24) is 10.2 Å². The molecule has 1 aliphatic rings. The van der Waals surface area contributed by atoms with Gasteiger partial charge in [0.05, 0.1) is 12.5 Å². The number of amides is 2. The van der Waals surface area contributed by atoms with E-state index < -0.39 is 5.97 Å². The van der Waals surface area contributed by atoms with Crippen molar-refractivity contribution >= 4 is 12.0 Å². The number of nitrogens with one attached hydrogen (secondary N) is 1. The molecule has 0 unspecified atom stereocenters. The van der Waals surface area contributed by atoms with Crippen LogP contribution in [0.4, 0.5) is 9.18 Å². The molecular weight excluding hydrogens is 323 g/mol. The Balaban J connectivity index is 1.94. The molecule has 0 atom stereocenters. The van der Waals surface area contributed by atoms with E-state index >= 15 is 0 Å². The van der Waals surface area contributed by atoms with E-state index in [4.69, 9.17) is 5.11 Å². The van der Waals surface area contributed by atoms with E-state index in [1.807, 2.05) is 6.92 Å². The lowest BCUT2D eigenvalue weighted by Crippen LogP contribution is -2.46. The lowest BCUT2D eigenvalue weighted by molar-refractivity contribution is -0.142. The van der Waals surface area contributed by atoms with Gasteiger partial charge in [-0.25, -0.2) is 9.18 Å². The predicted octanol–water partition coefficient (Wildman–Crippen LogP) is 3.78. The number of hydrogen-bond donors (Lipinski definition) is 2. The molecule has 2 N–H and O–H groups in total. The lowest BCUT2D eigenvalue weighted by atomic mass is 9.86. The van der Waals surface area contributed by atoms with E-state index in [2.05, 4.69) is 5.32 Å². The average Bonchev–Trinajstić information content (AvgIpc) is 2.60. The van der Waals surface area contributed by atoms with Crippen LogP contribution in [0.5, 0.6) is 0 Å². The van der Waals surface area contributed by atoms with Crippen LogP contribution >= 0.6 is 0 Å². The minimum atomic E-state index is -0.756. The van der Waals surface area contributed by atoms with Crippen LogP contribution < -0.4 is 5.32 Å². The molecule has 0 radical (unpaired) electrons. The second kappa shape index (κ2) is 9.39. The highest BCUT2D eigenvalue weighted by Crippen LogP contribution is 2.24. The maximum atomic E-state index is 13.9. The molecule has 0 saturated heterocycles. The zero-order chi connectivity index (χ0) is 18.2. The summed E-state index contributed by atoms with van der Waals surface area (Å²) in [5.74, 6) is -1.37. The molecule has 0 aliphatic heterocycles. The highest BCUT2D eigenvalue weighted by molar-refractivity contribution is 5.74. The predicted molar refractivity (Wildman–Crippen MR) is 93.6 cm³/mol. The first kappa shape index (κ1) is 19.2. The van der Waals surface area contributed by atoms with Crippen LogP contribution in [0.3, 0.4) is 0 Å². The molecule has 25 heavy (non-hydrogen) atoms. The van der Waals surface area contributed by atoms with Gasteiger partial charge in [0.15, 0.2) is 0 Å². The largest absolute Gasteiger partial charge is 0.481 e. The summed E-state index contributed by atoms with van der Waals surface area (Å²) in [7, 11) is 0. The monoisotopic (exact) mass is 350 g/mol. The fraction of sp³-hybridized carbons (Fsp3) is 0.579. The third kappa shape index (κ3) is 5.73. The number of carboxylic acid groups (broad SMARTS) is 1. The number of urea groups is 1. The highest BCUT2D eigenvalue weighted by Gasteiger charge is 2.27. The first-order chi connectivity index (χ1) is 12.0. The van der Waals surface area contributed by atoms with Gasteiger partial charge in [-0.05, 0) is 38.2 Å². The zero-order valence-electron chi connectivity index (χ0n) is 14.7. The van der Waals surface area contributed by atoms with Crippen molar-refractivity contribution in [3.63, 3.8) is 0 Å². The van der Waals surface area contributed by atoms with Gasteiger partial charge < -0.3 is 15.3 Å². The Morgan fingerprint density at radius 1 is 1.24 bits per heavy atom. The Morgan fingerprint density at radius 3 is 2.52 bits per heavy atom. The molecule has 1 aromatic carbocycles. The van der Waals surface area contributed by atoms with Crippen LogP contribution in [0.15, 0.2) is 24.3 Å². The molecular formula is C19H27FN2O3. The number of halogens is 1. The molecule has 1 fully saturated rings. The van der Waals surface area contributed by atoms with E-state index in [1.54, 1.807) is 23.1 Å². The normalized spacial score (nSPS) is 20.1. The standard InChI is InChI=1S/C19H27FN2O3/c1-2-3-12-22(13-15-6-4-5-7-17(15)20)19(25)21-16-10-8-14(9-11-16)18(23)24/h4-7,14,16H,2-3,8-13H2,1H3,(H,21,25)(H,23,24). The number of hydrogen-bond acceptors (Lipinski definition) is 2. The number of carbonyl (C=O) groups excluding carboxylic acids is 1. The Bertz CT molecular complexity index is 586. The number of nitrogens with zero attached hydrogens (tertiary/aromatic N) is 1. The third-order valence-electron chi connectivity index (χ3n) is 4.79. The maximum absolute atomic E-state index is 13.9. The Hall–Kier alpha value is -2.11. The van der Waals surface area contributed by atoms with E-state index in [9.17, 15) is 14.0 Å². The molecule has 138 valence electrons. The topological polar surface area (TPSA) is 69.6 Å². The van der Waals surface area contributed by atoms with Crippen molar-refractivity contribution in [1.29, 1.82) is 0 Å². The summed E-state index contributed by atoms with van der Waals surface area (Å²) >= 11 is 0. The fourth-order valence-corrected chi connectivity index (χ4v) is 3.18. The van der Waals surface area contributed by atoms with Gasteiger partial charge in [-0.3, -0.25) is 4.79 Å². The zero-order valence-corrected chi connectivity index (χ0v) is 14.7. The quantitative estimate of drug-likeness (QED) is 0.786. The van der Waals surface area contributed by atoms with Gasteiger partial charge in [-0.2, -0.15) is 0 Å². The summed E-state index contributed by atoms with van der Waals surface area (Å²) in [6.07, 6.45) is 4.32. The first-order valence-corrected chi connectivity index (χ1v) is 9.03. The molecule has 1 aliphatic carbocycles. The fourth-order valence-electron chi connectivity index (χ4n) is 3.18. The van der Waals surface area contributed by atoms with Crippen LogP contribution in [0.1, 0.15) is 51.0 Å². The van der Waals surface area contributed by atoms with E-state index in [-0.39, 0.29) is 30.4 Å². The summed E-state index contributed by atoms with van der Waals surface area (Å²) in [4.78, 5) is 25.3. The molecule has 1 aromatic rings. The molecule has 2 amide bonds. The van der Waals surface area contributed by atoms with Crippen molar-refractivity contribution in [2.24, 2.45) is 5.92 Å².